The third-order valence-electron chi connectivity index (χ3n) is 3.22. The summed E-state index contributed by atoms with van der Waals surface area (Å²) >= 11 is 0. The Morgan fingerprint density at radius 2 is 2.25 bits per heavy atom. The van der Waals surface area contributed by atoms with Crippen LogP contribution in [0.2, 0.25) is 0 Å². The van der Waals surface area contributed by atoms with Crippen LogP contribution in [0.1, 0.15) is 12.8 Å². The first-order valence-electron chi connectivity index (χ1n) is 5.36. The van der Waals surface area contributed by atoms with E-state index in [1.807, 2.05) is 0 Å². The maximum absolute atomic E-state index is 12.1. The van der Waals surface area contributed by atoms with Crippen molar-refractivity contribution in [1.29, 1.82) is 0 Å². The first-order chi connectivity index (χ1) is 7.59. The molecule has 0 spiro atoms. The van der Waals surface area contributed by atoms with Crippen molar-refractivity contribution < 1.29 is 9.90 Å². The molecule has 0 unspecified atom stereocenters. The van der Waals surface area contributed by atoms with Gasteiger partial charge in [0.1, 0.15) is 5.75 Å². The molecular formula is C12H16N2O2. The van der Waals surface area contributed by atoms with Gasteiger partial charge < -0.3 is 15.7 Å². The standard InChI is InChI=1S/C12H16N2O2/c1-14(9-3-2-4-10(15)7-9)11(16)12(8-13)5-6-12/h2-4,7,15H,5-6,8,13H2,1H3. The highest BCUT2D eigenvalue weighted by Gasteiger charge is 2.50. The van der Waals surface area contributed by atoms with Crippen LogP contribution in [0.15, 0.2) is 24.3 Å². The lowest BCUT2D eigenvalue weighted by Gasteiger charge is -2.22. The number of carbonyl (C=O) groups is 1. The van der Waals surface area contributed by atoms with Crippen molar-refractivity contribution in [2.75, 3.05) is 18.5 Å². The number of carbonyl (C=O) groups excluding carboxylic acids is 1. The molecular weight excluding hydrogens is 204 g/mol. The Bertz CT molecular complexity index is 413. The van der Waals surface area contributed by atoms with Crippen molar-refractivity contribution in [3.05, 3.63) is 24.3 Å². The first kappa shape index (κ1) is 11.0. The number of anilines is 1. The van der Waals surface area contributed by atoms with E-state index in [1.165, 1.54) is 0 Å². The van der Waals surface area contributed by atoms with Crippen molar-refractivity contribution >= 4 is 11.6 Å². The molecule has 16 heavy (non-hydrogen) atoms. The van der Waals surface area contributed by atoms with Gasteiger partial charge >= 0.3 is 0 Å². The predicted octanol–water partition coefficient (Wildman–Crippen LogP) is 1.09. The van der Waals surface area contributed by atoms with Crippen LogP contribution in [0, 0.1) is 5.41 Å². The first-order valence-corrected chi connectivity index (χ1v) is 5.36. The second kappa shape index (κ2) is 3.79. The molecule has 1 saturated carbocycles. The normalized spacial score (nSPS) is 16.9. The molecule has 0 aromatic heterocycles. The lowest BCUT2D eigenvalue weighted by Crippen LogP contribution is -2.38. The van der Waals surface area contributed by atoms with Crippen LogP contribution in [0.3, 0.4) is 0 Å². The monoisotopic (exact) mass is 220 g/mol. The average Bonchev–Trinajstić information content (AvgIpc) is 3.08. The minimum absolute atomic E-state index is 0.0422. The Hall–Kier alpha value is -1.55. The van der Waals surface area contributed by atoms with E-state index >= 15 is 0 Å². The van der Waals surface area contributed by atoms with Gasteiger partial charge in [-0.15, -0.1) is 0 Å². The number of aromatic hydroxyl groups is 1. The van der Waals surface area contributed by atoms with Gasteiger partial charge in [0, 0.05) is 25.3 Å². The van der Waals surface area contributed by atoms with E-state index in [0.717, 1.165) is 12.8 Å². The number of nitrogens with zero attached hydrogens (tertiary/aromatic N) is 1. The zero-order valence-corrected chi connectivity index (χ0v) is 9.31. The number of rotatable bonds is 3. The third-order valence-corrected chi connectivity index (χ3v) is 3.22. The Labute approximate surface area is 94.7 Å². The third kappa shape index (κ3) is 1.76. The van der Waals surface area contributed by atoms with Gasteiger partial charge in [0.2, 0.25) is 5.91 Å². The van der Waals surface area contributed by atoms with Crippen LogP contribution in [0.5, 0.6) is 5.75 Å². The van der Waals surface area contributed by atoms with E-state index in [2.05, 4.69) is 0 Å². The van der Waals surface area contributed by atoms with Gasteiger partial charge in [-0.25, -0.2) is 0 Å². The number of phenolic OH excluding ortho intramolecular Hbond substituents is 1. The molecule has 0 aliphatic heterocycles. The molecule has 0 heterocycles. The Morgan fingerprint density at radius 3 is 2.75 bits per heavy atom. The maximum Gasteiger partial charge on any atom is 0.234 e. The lowest BCUT2D eigenvalue weighted by atomic mass is 10.1. The van der Waals surface area contributed by atoms with E-state index < -0.39 is 0 Å². The maximum atomic E-state index is 12.1. The molecule has 1 amide bonds. The van der Waals surface area contributed by atoms with Gasteiger partial charge in [-0.05, 0) is 25.0 Å². The highest BCUT2D eigenvalue weighted by Crippen LogP contribution is 2.46. The zero-order valence-electron chi connectivity index (χ0n) is 9.31. The molecule has 1 aliphatic rings. The number of benzene rings is 1. The van der Waals surface area contributed by atoms with E-state index in [1.54, 1.807) is 36.2 Å². The Kier molecular flexibility index (Phi) is 2.59. The summed E-state index contributed by atoms with van der Waals surface area (Å²) in [6, 6.07) is 6.67. The van der Waals surface area contributed by atoms with Crippen molar-refractivity contribution in [2.45, 2.75) is 12.8 Å². The van der Waals surface area contributed by atoms with Crippen LogP contribution in [-0.2, 0) is 4.79 Å². The van der Waals surface area contributed by atoms with Crippen molar-refractivity contribution in [3.63, 3.8) is 0 Å². The van der Waals surface area contributed by atoms with Crippen LogP contribution >= 0.6 is 0 Å². The molecule has 1 aliphatic carbocycles. The number of amides is 1. The van der Waals surface area contributed by atoms with Crippen LogP contribution < -0.4 is 10.6 Å². The molecule has 1 aromatic carbocycles. The predicted molar refractivity (Wildman–Crippen MR) is 62.2 cm³/mol. The fourth-order valence-electron chi connectivity index (χ4n) is 1.83. The smallest absolute Gasteiger partial charge is 0.234 e. The summed E-state index contributed by atoms with van der Waals surface area (Å²) in [5.41, 5.74) is 5.97. The number of hydrogen-bond donors (Lipinski definition) is 2. The molecule has 86 valence electrons. The summed E-state index contributed by atoms with van der Waals surface area (Å²) in [5.74, 6) is 0.204. The SMILES string of the molecule is CN(C(=O)C1(CN)CC1)c1cccc(O)c1. The fraction of sp³-hybridized carbons (Fsp3) is 0.417. The molecule has 0 saturated heterocycles. The highest BCUT2D eigenvalue weighted by molar-refractivity contribution is 5.99. The van der Waals surface area contributed by atoms with Crippen molar-refractivity contribution in [2.24, 2.45) is 11.1 Å². The van der Waals surface area contributed by atoms with Gasteiger partial charge in [0.15, 0.2) is 0 Å². The van der Waals surface area contributed by atoms with Crippen LogP contribution in [0.4, 0.5) is 5.69 Å². The van der Waals surface area contributed by atoms with Crippen LogP contribution in [-0.4, -0.2) is 24.6 Å². The van der Waals surface area contributed by atoms with Crippen LogP contribution in [0.25, 0.3) is 0 Å². The second-order valence-electron chi connectivity index (χ2n) is 4.37. The van der Waals surface area contributed by atoms with Gasteiger partial charge in [-0.3, -0.25) is 4.79 Å². The number of nitrogens with two attached hydrogens (primary N) is 1. The van der Waals surface area contributed by atoms with Gasteiger partial charge in [-0.1, -0.05) is 6.07 Å². The van der Waals surface area contributed by atoms with E-state index in [0.29, 0.717) is 12.2 Å². The minimum Gasteiger partial charge on any atom is -0.508 e. The average molecular weight is 220 g/mol. The fourth-order valence-corrected chi connectivity index (χ4v) is 1.83. The van der Waals surface area contributed by atoms with Gasteiger partial charge in [-0.2, -0.15) is 0 Å². The van der Waals surface area contributed by atoms with E-state index in [4.69, 9.17) is 5.73 Å². The highest BCUT2D eigenvalue weighted by atomic mass is 16.3. The van der Waals surface area contributed by atoms with E-state index in [-0.39, 0.29) is 17.1 Å². The lowest BCUT2D eigenvalue weighted by molar-refractivity contribution is -0.123. The molecule has 0 atom stereocenters. The number of phenols is 1. The Morgan fingerprint density at radius 1 is 1.56 bits per heavy atom. The summed E-state index contributed by atoms with van der Waals surface area (Å²) in [4.78, 5) is 13.7. The zero-order chi connectivity index (χ0) is 11.8. The number of hydrogen-bond acceptors (Lipinski definition) is 3. The summed E-state index contributed by atoms with van der Waals surface area (Å²) in [6.07, 6.45) is 1.73. The minimum atomic E-state index is -0.347. The van der Waals surface area contributed by atoms with E-state index in [9.17, 15) is 9.90 Å². The molecule has 1 fully saturated rings. The molecule has 4 nitrogen and oxygen atoms in total. The summed E-state index contributed by atoms with van der Waals surface area (Å²) < 4.78 is 0. The molecule has 3 N–H and O–H groups in total. The molecule has 0 radical (unpaired) electrons. The summed E-state index contributed by atoms with van der Waals surface area (Å²) in [5, 5.41) is 9.36. The molecule has 4 heteroatoms. The second-order valence-corrected chi connectivity index (χ2v) is 4.37. The molecule has 1 aromatic rings. The van der Waals surface area contributed by atoms with Crippen molar-refractivity contribution in [3.8, 4) is 5.75 Å². The van der Waals surface area contributed by atoms with Crippen molar-refractivity contribution in [1.82, 2.24) is 0 Å². The Balaban J connectivity index is 2.19. The quantitative estimate of drug-likeness (QED) is 0.801. The topological polar surface area (TPSA) is 66.6 Å². The summed E-state index contributed by atoms with van der Waals surface area (Å²) in [7, 11) is 1.72. The largest absolute Gasteiger partial charge is 0.508 e. The molecule has 2 rings (SSSR count). The van der Waals surface area contributed by atoms with Gasteiger partial charge in [0.05, 0.1) is 5.41 Å². The van der Waals surface area contributed by atoms with Gasteiger partial charge in [0.25, 0.3) is 0 Å². The molecule has 0 bridgehead atoms. The summed E-state index contributed by atoms with van der Waals surface area (Å²) in [6.45, 7) is 0.398.